The van der Waals surface area contributed by atoms with Crippen LogP contribution in [0.1, 0.15) is 33.6 Å². The number of hydrogen-bond acceptors (Lipinski definition) is 7. The normalized spacial score (nSPS) is 18.3. The monoisotopic (exact) mass is 509 g/mol. The van der Waals surface area contributed by atoms with Crippen molar-refractivity contribution in [2.45, 2.75) is 18.9 Å². The number of nitrogens with one attached hydrogen (secondary N) is 1. The molecule has 0 aliphatic carbocycles. The fourth-order valence-corrected chi connectivity index (χ4v) is 5.05. The summed E-state index contributed by atoms with van der Waals surface area (Å²) in [6.45, 7) is 2.99. The molecule has 2 fully saturated rings. The van der Waals surface area contributed by atoms with Gasteiger partial charge < -0.3 is 34.1 Å². The third-order valence-electron chi connectivity index (χ3n) is 7.15. The summed E-state index contributed by atoms with van der Waals surface area (Å²) in [5, 5.41) is 2.99. The van der Waals surface area contributed by atoms with Crippen LogP contribution in [0.5, 0.6) is 17.2 Å². The van der Waals surface area contributed by atoms with Gasteiger partial charge in [0.1, 0.15) is 11.8 Å². The van der Waals surface area contributed by atoms with Gasteiger partial charge in [-0.25, -0.2) is 0 Å². The van der Waals surface area contributed by atoms with E-state index in [2.05, 4.69) is 5.32 Å². The Bertz CT molecular complexity index is 1160. The molecule has 2 aromatic carbocycles. The van der Waals surface area contributed by atoms with Gasteiger partial charge in [-0.3, -0.25) is 14.4 Å². The molecule has 196 valence electrons. The molecule has 5 rings (SSSR count). The van der Waals surface area contributed by atoms with Crippen LogP contribution in [-0.4, -0.2) is 86.9 Å². The number of ether oxygens (including phenoxy) is 4. The Morgan fingerprint density at radius 1 is 0.946 bits per heavy atom. The van der Waals surface area contributed by atoms with Crippen molar-refractivity contribution < 1.29 is 33.3 Å². The Labute approximate surface area is 215 Å². The van der Waals surface area contributed by atoms with E-state index in [0.717, 1.165) is 0 Å². The molecule has 1 atom stereocenters. The minimum atomic E-state index is -0.709. The first-order chi connectivity index (χ1) is 18.0. The number of benzene rings is 2. The number of carbonyl (C=O) groups excluding carboxylic acids is 3. The smallest absolute Gasteiger partial charge is 0.257 e. The van der Waals surface area contributed by atoms with Crippen molar-refractivity contribution in [3.63, 3.8) is 0 Å². The van der Waals surface area contributed by atoms with Gasteiger partial charge in [-0.2, -0.15) is 0 Å². The standard InChI is InChI=1S/C27H31N3O7/c1-34-21-5-3-2-4-20(21)26(32)29-10-8-18(9-11-29)24(27(33)30-12-14-35-15-13-30)28-25(31)19-6-7-22-23(16-19)37-17-36-22/h2-7,16,18,24H,8-15,17H2,1H3,(H,28,31)/t24-/m1/s1. The molecule has 0 bridgehead atoms. The number of carbonyl (C=O) groups is 3. The fourth-order valence-electron chi connectivity index (χ4n) is 5.05. The number of morpholine rings is 1. The third kappa shape index (κ3) is 5.34. The molecule has 0 aromatic heterocycles. The summed E-state index contributed by atoms with van der Waals surface area (Å²) < 4.78 is 21.5. The van der Waals surface area contributed by atoms with Crippen LogP contribution in [0.3, 0.4) is 0 Å². The second kappa shape index (κ2) is 11.1. The maximum atomic E-state index is 13.6. The number of hydrogen-bond donors (Lipinski definition) is 1. The van der Waals surface area contributed by atoms with Crippen LogP contribution in [0.4, 0.5) is 0 Å². The average Bonchev–Trinajstić information content (AvgIpc) is 3.44. The first kappa shape index (κ1) is 24.9. The van der Waals surface area contributed by atoms with Gasteiger partial charge in [-0.15, -0.1) is 0 Å². The van der Waals surface area contributed by atoms with E-state index in [1.54, 1.807) is 47.2 Å². The number of nitrogens with zero attached hydrogens (tertiary/aromatic N) is 2. The highest BCUT2D eigenvalue weighted by atomic mass is 16.7. The van der Waals surface area contributed by atoms with E-state index in [1.165, 1.54) is 0 Å². The van der Waals surface area contributed by atoms with Crippen molar-refractivity contribution in [2.75, 3.05) is 53.3 Å². The van der Waals surface area contributed by atoms with Crippen molar-refractivity contribution in [3.8, 4) is 17.2 Å². The molecule has 0 radical (unpaired) electrons. The molecule has 10 nitrogen and oxygen atoms in total. The maximum absolute atomic E-state index is 13.6. The minimum absolute atomic E-state index is 0.101. The van der Waals surface area contributed by atoms with Crippen molar-refractivity contribution in [3.05, 3.63) is 53.6 Å². The van der Waals surface area contributed by atoms with Gasteiger partial charge >= 0.3 is 0 Å². The fraction of sp³-hybridized carbons (Fsp3) is 0.444. The second-order valence-electron chi connectivity index (χ2n) is 9.29. The Morgan fingerprint density at radius 3 is 2.43 bits per heavy atom. The van der Waals surface area contributed by atoms with Gasteiger partial charge in [0.25, 0.3) is 11.8 Å². The number of fused-ring (bicyclic) bond motifs is 1. The van der Waals surface area contributed by atoms with E-state index in [9.17, 15) is 14.4 Å². The predicted molar refractivity (Wildman–Crippen MR) is 133 cm³/mol. The first-order valence-corrected chi connectivity index (χ1v) is 12.5. The SMILES string of the molecule is COc1ccccc1C(=O)N1CCC([C@@H](NC(=O)c2ccc3c(c2)OCO3)C(=O)N2CCOCC2)CC1. The van der Waals surface area contributed by atoms with Gasteiger partial charge in [0.15, 0.2) is 11.5 Å². The first-order valence-electron chi connectivity index (χ1n) is 12.5. The molecular formula is C27H31N3O7. The van der Waals surface area contributed by atoms with Crippen molar-refractivity contribution in [2.24, 2.45) is 5.92 Å². The van der Waals surface area contributed by atoms with E-state index in [4.69, 9.17) is 18.9 Å². The van der Waals surface area contributed by atoms with Crippen molar-refractivity contribution in [1.29, 1.82) is 0 Å². The predicted octanol–water partition coefficient (Wildman–Crippen LogP) is 1.93. The summed E-state index contributed by atoms with van der Waals surface area (Å²) in [5.41, 5.74) is 0.910. The minimum Gasteiger partial charge on any atom is -0.496 e. The zero-order valence-corrected chi connectivity index (χ0v) is 20.8. The number of piperidine rings is 1. The summed E-state index contributed by atoms with van der Waals surface area (Å²) in [4.78, 5) is 43.5. The largest absolute Gasteiger partial charge is 0.496 e. The van der Waals surface area contributed by atoms with Crippen LogP contribution in [0.2, 0.25) is 0 Å². The van der Waals surface area contributed by atoms with Crippen LogP contribution in [0.25, 0.3) is 0 Å². The lowest BCUT2D eigenvalue weighted by molar-refractivity contribution is -0.139. The molecule has 0 saturated carbocycles. The molecule has 37 heavy (non-hydrogen) atoms. The van der Waals surface area contributed by atoms with Crippen LogP contribution < -0.4 is 19.5 Å². The number of rotatable bonds is 6. The molecule has 0 unspecified atom stereocenters. The molecule has 3 aliphatic rings. The van der Waals surface area contributed by atoms with E-state index in [0.29, 0.717) is 80.6 Å². The van der Waals surface area contributed by atoms with Gasteiger partial charge in [-0.05, 0) is 49.1 Å². The zero-order chi connectivity index (χ0) is 25.8. The topological polar surface area (TPSA) is 107 Å². The van der Waals surface area contributed by atoms with Crippen molar-refractivity contribution in [1.82, 2.24) is 15.1 Å². The summed E-state index contributed by atoms with van der Waals surface area (Å²) >= 11 is 0. The third-order valence-corrected chi connectivity index (χ3v) is 7.15. The van der Waals surface area contributed by atoms with Gasteiger partial charge in [0.2, 0.25) is 12.7 Å². The number of methoxy groups -OCH3 is 1. The Balaban J connectivity index is 1.30. The lowest BCUT2D eigenvalue weighted by Crippen LogP contribution is -2.56. The van der Waals surface area contributed by atoms with E-state index < -0.39 is 6.04 Å². The van der Waals surface area contributed by atoms with Gasteiger partial charge in [-0.1, -0.05) is 12.1 Å². The highest BCUT2D eigenvalue weighted by molar-refractivity contribution is 5.98. The molecule has 2 saturated heterocycles. The number of likely N-dealkylation sites (tertiary alicyclic amines) is 1. The van der Waals surface area contributed by atoms with Crippen LogP contribution in [0, 0.1) is 5.92 Å². The molecule has 2 aromatic rings. The molecule has 3 amide bonds. The molecule has 3 heterocycles. The van der Waals surface area contributed by atoms with E-state index in [-0.39, 0.29) is 30.4 Å². The van der Waals surface area contributed by atoms with Gasteiger partial charge in [0.05, 0.1) is 25.9 Å². The molecule has 1 N–H and O–H groups in total. The number of para-hydroxylation sites is 1. The Kier molecular flexibility index (Phi) is 7.45. The lowest BCUT2D eigenvalue weighted by Gasteiger charge is -2.38. The molecule has 10 heteroatoms. The molecular weight excluding hydrogens is 478 g/mol. The maximum Gasteiger partial charge on any atom is 0.257 e. The summed E-state index contributed by atoms with van der Waals surface area (Å²) in [5.74, 6) is 0.943. The average molecular weight is 510 g/mol. The van der Waals surface area contributed by atoms with Crippen LogP contribution in [-0.2, 0) is 9.53 Å². The number of amides is 3. The Hall–Kier alpha value is -3.79. The van der Waals surface area contributed by atoms with E-state index in [1.807, 2.05) is 12.1 Å². The molecule has 3 aliphatic heterocycles. The highest BCUT2D eigenvalue weighted by Gasteiger charge is 2.37. The van der Waals surface area contributed by atoms with Gasteiger partial charge in [0, 0.05) is 31.7 Å². The summed E-state index contributed by atoms with van der Waals surface area (Å²) in [7, 11) is 1.54. The summed E-state index contributed by atoms with van der Waals surface area (Å²) in [6, 6.07) is 11.4. The quantitative estimate of drug-likeness (QED) is 0.634. The van der Waals surface area contributed by atoms with E-state index >= 15 is 0 Å². The van der Waals surface area contributed by atoms with Crippen LogP contribution >= 0.6 is 0 Å². The Morgan fingerprint density at radius 2 is 1.68 bits per heavy atom. The second-order valence-corrected chi connectivity index (χ2v) is 9.29. The molecule has 0 spiro atoms. The van der Waals surface area contributed by atoms with Crippen molar-refractivity contribution >= 4 is 17.7 Å². The lowest BCUT2D eigenvalue weighted by atomic mass is 9.87. The summed E-state index contributed by atoms with van der Waals surface area (Å²) in [6.07, 6.45) is 1.17. The highest BCUT2D eigenvalue weighted by Crippen LogP contribution is 2.33. The van der Waals surface area contributed by atoms with Crippen LogP contribution in [0.15, 0.2) is 42.5 Å². The zero-order valence-electron chi connectivity index (χ0n) is 20.8.